The molecular weight excluding hydrogens is 440 g/mol. The molecule has 34 heavy (non-hydrogen) atoms. The van der Waals surface area contributed by atoms with Gasteiger partial charge in [0.1, 0.15) is 36.2 Å². The van der Waals surface area contributed by atoms with Crippen LogP contribution >= 0.6 is 0 Å². The maximum atomic E-state index is 11.2. The van der Waals surface area contributed by atoms with Crippen LogP contribution in [0.4, 0.5) is 0 Å². The molecule has 3 aromatic rings. The summed E-state index contributed by atoms with van der Waals surface area (Å²) in [4.78, 5) is 24.1. The van der Waals surface area contributed by atoms with Crippen LogP contribution in [-0.2, 0) is 18.4 Å². The van der Waals surface area contributed by atoms with Gasteiger partial charge in [-0.3, -0.25) is 4.79 Å². The third kappa shape index (κ3) is 4.78. The highest BCUT2D eigenvalue weighted by molar-refractivity contribution is 5.71. The van der Waals surface area contributed by atoms with Gasteiger partial charge in [0.05, 0.1) is 30.0 Å². The molecule has 0 amide bonds. The zero-order valence-corrected chi connectivity index (χ0v) is 19.0. The standard InChI is InChI=1S/C23H26N6O5/c1-13-19(32-10-14-3-6-16(14)23(30)31)8-7-17(26-13)22-18(29(2)28-27-22)11-33-20-9-21(25-12-24-20)34-15-4-5-15/h7-9,12,14-16H,3-6,10-11H2,1-2H3,(H,30,31)/t14-,16+/m0/s1. The molecule has 0 spiro atoms. The Bertz CT molecular complexity index is 1190. The Morgan fingerprint density at radius 1 is 1.15 bits per heavy atom. The van der Waals surface area contributed by atoms with Crippen molar-refractivity contribution < 1.29 is 24.1 Å². The van der Waals surface area contributed by atoms with Gasteiger partial charge in [-0.1, -0.05) is 5.21 Å². The number of aromatic nitrogens is 6. The molecular formula is C23H26N6O5. The van der Waals surface area contributed by atoms with Gasteiger partial charge in [-0.25, -0.2) is 19.6 Å². The van der Waals surface area contributed by atoms with Gasteiger partial charge in [0, 0.05) is 13.0 Å². The average molecular weight is 466 g/mol. The number of hydrogen-bond donors (Lipinski definition) is 1. The molecule has 2 aliphatic rings. The van der Waals surface area contributed by atoms with Crippen molar-refractivity contribution in [1.82, 2.24) is 29.9 Å². The first-order valence-corrected chi connectivity index (χ1v) is 11.3. The number of carboxylic acids is 1. The number of nitrogens with zero attached hydrogens (tertiary/aromatic N) is 6. The van der Waals surface area contributed by atoms with Gasteiger partial charge < -0.3 is 19.3 Å². The first-order chi connectivity index (χ1) is 16.5. The van der Waals surface area contributed by atoms with E-state index >= 15 is 0 Å². The lowest BCUT2D eigenvalue weighted by Gasteiger charge is -2.33. The number of ether oxygens (including phenoxy) is 3. The predicted molar refractivity (Wildman–Crippen MR) is 118 cm³/mol. The monoisotopic (exact) mass is 466 g/mol. The Hall–Kier alpha value is -3.76. The summed E-state index contributed by atoms with van der Waals surface area (Å²) >= 11 is 0. The van der Waals surface area contributed by atoms with E-state index in [1.165, 1.54) is 6.33 Å². The van der Waals surface area contributed by atoms with Gasteiger partial charge in [0.2, 0.25) is 11.8 Å². The van der Waals surface area contributed by atoms with Crippen molar-refractivity contribution in [1.29, 1.82) is 0 Å². The molecule has 11 nitrogen and oxygen atoms in total. The molecule has 178 valence electrons. The zero-order chi connectivity index (χ0) is 23.7. The Morgan fingerprint density at radius 3 is 2.68 bits per heavy atom. The molecule has 0 bridgehead atoms. The van der Waals surface area contributed by atoms with Gasteiger partial charge in [-0.05, 0) is 44.7 Å². The summed E-state index contributed by atoms with van der Waals surface area (Å²) in [7, 11) is 1.79. The van der Waals surface area contributed by atoms with Crippen LogP contribution in [0.3, 0.4) is 0 Å². The molecule has 0 radical (unpaired) electrons. The molecule has 2 aliphatic carbocycles. The number of carbonyl (C=O) groups is 1. The number of pyridine rings is 1. The molecule has 0 saturated heterocycles. The zero-order valence-electron chi connectivity index (χ0n) is 19.0. The molecule has 3 aromatic heterocycles. The number of rotatable bonds is 10. The second kappa shape index (κ2) is 9.24. The molecule has 2 atom stereocenters. The van der Waals surface area contributed by atoms with Crippen molar-refractivity contribution in [2.45, 2.75) is 45.3 Å². The van der Waals surface area contributed by atoms with Crippen LogP contribution in [0.5, 0.6) is 17.5 Å². The molecule has 3 heterocycles. The lowest BCUT2D eigenvalue weighted by Crippen LogP contribution is -2.36. The third-order valence-electron chi connectivity index (χ3n) is 6.20. The summed E-state index contributed by atoms with van der Waals surface area (Å²) in [5, 5.41) is 17.6. The third-order valence-corrected chi connectivity index (χ3v) is 6.20. The van der Waals surface area contributed by atoms with Crippen LogP contribution in [0.15, 0.2) is 24.5 Å². The minimum absolute atomic E-state index is 0.0392. The van der Waals surface area contributed by atoms with Gasteiger partial charge in [0.25, 0.3) is 0 Å². The van der Waals surface area contributed by atoms with Crippen LogP contribution in [-0.4, -0.2) is 53.7 Å². The first-order valence-electron chi connectivity index (χ1n) is 11.3. The minimum Gasteiger partial charge on any atom is -0.491 e. The summed E-state index contributed by atoms with van der Waals surface area (Å²) in [5.41, 5.74) is 2.68. The average Bonchev–Trinajstić information content (AvgIpc) is 3.52. The highest BCUT2D eigenvalue weighted by atomic mass is 16.5. The number of carboxylic acid groups (broad SMARTS) is 1. The Morgan fingerprint density at radius 2 is 1.97 bits per heavy atom. The van der Waals surface area contributed by atoms with Crippen molar-refractivity contribution in [3.05, 3.63) is 35.9 Å². The molecule has 0 unspecified atom stereocenters. The fourth-order valence-corrected chi connectivity index (χ4v) is 3.83. The highest BCUT2D eigenvalue weighted by Gasteiger charge is 2.37. The quantitative estimate of drug-likeness (QED) is 0.475. The largest absolute Gasteiger partial charge is 0.491 e. The SMILES string of the molecule is Cc1nc(-c2nnn(C)c2COc2cc(OC3CC3)ncn2)ccc1OC[C@@H]1CC[C@H]1C(=O)O. The summed E-state index contributed by atoms with van der Waals surface area (Å²) in [6, 6.07) is 5.32. The van der Waals surface area contributed by atoms with E-state index in [2.05, 4.69) is 25.3 Å². The van der Waals surface area contributed by atoms with Crippen LogP contribution in [0.25, 0.3) is 11.4 Å². The maximum absolute atomic E-state index is 11.2. The molecule has 1 N–H and O–H groups in total. The number of aliphatic carboxylic acids is 1. The van der Waals surface area contributed by atoms with E-state index in [0.717, 1.165) is 25.0 Å². The smallest absolute Gasteiger partial charge is 0.306 e. The second-order valence-corrected chi connectivity index (χ2v) is 8.68. The summed E-state index contributed by atoms with van der Waals surface area (Å²) in [5.74, 6) is 0.501. The van der Waals surface area contributed by atoms with Crippen LogP contribution in [0, 0.1) is 18.8 Å². The number of aryl methyl sites for hydroxylation is 2. The van der Waals surface area contributed by atoms with Crippen molar-refractivity contribution in [2.24, 2.45) is 18.9 Å². The summed E-state index contributed by atoms with van der Waals surface area (Å²) in [6.07, 6.45) is 5.32. The van der Waals surface area contributed by atoms with Crippen LogP contribution < -0.4 is 14.2 Å². The maximum Gasteiger partial charge on any atom is 0.306 e. The van der Waals surface area contributed by atoms with Gasteiger partial charge in [0.15, 0.2) is 0 Å². The highest BCUT2D eigenvalue weighted by Crippen LogP contribution is 2.35. The lowest BCUT2D eigenvalue weighted by molar-refractivity contribution is -0.148. The fourth-order valence-electron chi connectivity index (χ4n) is 3.83. The van der Waals surface area contributed by atoms with E-state index < -0.39 is 5.97 Å². The second-order valence-electron chi connectivity index (χ2n) is 8.68. The molecule has 2 saturated carbocycles. The van der Waals surface area contributed by atoms with E-state index in [4.69, 9.17) is 14.2 Å². The fraction of sp³-hybridized carbons (Fsp3) is 0.478. The normalized spacial score (nSPS) is 19.4. The summed E-state index contributed by atoms with van der Waals surface area (Å²) < 4.78 is 19.1. The van der Waals surface area contributed by atoms with Crippen molar-refractivity contribution in [3.63, 3.8) is 0 Å². The molecule has 0 aliphatic heterocycles. The van der Waals surface area contributed by atoms with E-state index in [0.29, 0.717) is 47.6 Å². The van der Waals surface area contributed by atoms with Gasteiger partial charge in [-0.15, -0.1) is 5.10 Å². The molecule has 5 rings (SSSR count). The summed E-state index contributed by atoms with van der Waals surface area (Å²) in [6.45, 7) is 2.41. The van der Waals surface area contributed by atoms with Gasteiger partial charge in [-0.2, -0.15) is 0 Å². The molecule has 0 aromatic carbocycles. The molecule has 2 fully saturated rings. The van der Waals surface area contributed by atoms with Crippen LogP contribution in [0.1, 0.15) is 37.1 Å². The van der Waals surface area contributed by atoms with Crippen molar-refractivity contribution in [3.8, 4) is 28.9 Å². The Labute approximate surface area is 196 Å². The lowest BCUT2D eigenvalue weighted by atomic mass is 9.74. The Balaban J connectivity index is 1.25. The van der Waals surface area contributed by atoms with Crippen molar-refractivity contribution in [2.75, 3.05) is 6.61 Å². The van der Waals surface area contributed by atoms with E-state index in [-0.39, 0.29) is 24.5 Å². The first kappa shape index (κ1) is 22.1. The van der Waals surface area contributed by atoms with E-state index in [9.17, 15) is 9.90 Å². The van der Waals surface area contributed by atoms with Gasteiger partial charge >= 0.3 is 5.97 Å². The topological polar surface area (TPSA) is 134 Å². The van der Waals surface area contributed by atoms with E-state index in [1.807, 2.05) is 19.1 Å². The van der Waals surface area contributed by atoms with E-state index in [1.54, 1.807) is 17.8 Å². The van der Waals surface area contributed by atoms with Crippen molar-refractivity contribution >= 4 is 5.97 Å². The van der Waals surface area contributed by atoms with Crippen LogP contribution in [0.2, 0.25) is 0 Å². The predicted octanol–water partition coefficient (Wildman–Crippen LogP) is 2.59. The molecule has 11 heteroatoms. The number of hydrogen-bond acceptors (Lipinski definition) is 9. The minimum atomic E-state index is -0.754. The Kier molecular flexibility index (Phi) is 5.99.